The standard InChI is InChI=1S/C16H16INO4S/c17-16(15(19)20)9-3-4-10-18(16)23(21,22)14-8-7-12-5-1-2-6-13(12)11-14/h1-2,5-8,11H,3-4,9-10H2,(H,19,20). The van der Waals surface area contributed by atoms with Gasteiger partial charge in [0.1, 0.15) is 0 Å². The molecule has 0 amide bonds. The van der Waals surface area contributed by atoms with Crippen LogP contribution in [0.2, 0.25) is 0 Å². The molecule has 0 spiro atoms. The van der Waals surface area contributed by atoms with Gasteiger partial charge in [-0.2, -0.15) is 4.31 Å². The second-order valence-corrected chi connectivity index (χ2v) is 9.25. The topological polar surface area (TPSA) is 74.7 Å². The molecule has 0 aliphatic carbocycles. The highest BCUT2D eigenvalue weighted by molar-refractivity contribution is 14.1. The molecule has 7 heteroatoms. The lowest BCUT2D eigenvalue weighted by Gasteiger charge is -2.38. The summed E-state index contributed by atoms with van der Waals surface area (Å²) in [4.78, 5) is 11.8. The third-order valence-corrected chi connectivity index (χ3v) is 7.99. The number of aliphatic carboxylic acids is 1. The van der Waals surface area contributed by atoms with Crippen molar-refractivity contribution in [1.29, 1.82) is 0 Å². The summed E-state index contributed by atoms with van der Waals surface area (Å²) in [6.07, 6.45) is 1.69. The molecule has 1 heterocycles. The lowest BCUT2D eigenvalue weighted by Crippen LogP contribution is -2.55. The van der Waals surface area contributed by atoms with Gasteiger partial charge in [-0.1, -0.05) is 30.3 Å². The summed E-state index contributed by atoms with van der Waals surface area (Å²) < 4.78 is 25.7. The Labute approximate surface area is 148 Å². The third kappa shape index (κ3) is 2.85. The summed E-state index contributed by atoms with van der Waals surface area (Å²) >= 11 is 1.76. The number of nitrogens with zero attached hydrogens (tertiary/aromatic N) is 1. The second kappa shape index (κ2) is 6.03. The number of rotatable bonds is 3. The molecule has 122 valence electrons. The number of carboxylic acid groups (broad SMARTS) is 1. The summed E-state index contributed by atoms with van der Waals surface area (Å²) in [6, 6.07) is 12.4. The van der Waals surface area contributed by atoms with Crippen molar-refractivity contribution in [3.8, 4) is 0 Å². The van der Waals surface area contributed by atoms with E-state index in [1.807, 2.05) is 24.3 Å². The molecule has 0 bridgehead atoms. The van der Waals surface area contributed by atoms with Gasteiger partial charge in [0.2, 0.25) is 10.0 Å². The van der Waals surface area contributed by atoms with Gasteiger partial charge in [0.15, 0.2) is 3.55 Å². The van der Waals surface area contributed by atoms with Gasteiger partial charge in [-0.05, 0) is 64.8 Å². The molecule has 0 aromatic heterocycles. The maximum Gasteiger partial charge on any atom is 0.335 e. The van der Waals surface area contributed by atoms with E-state index in [2.05, 4.69) is 0 Å². The van der Waals surface area contributed by atoms with Crippen LogP contribution in [0.15, 0.2) is 47.4 Å². The van der Waals surface area contributed by atoms with Gasteiger partial charge < -0.3 is 5.11 Å². The highest BCUT2D eigenvalue weighted by Gasteiger charge is 2.49. The molecule has 1 aliphatic rings. The first-order chi connectivity index (χ1) is 10.9. The molecule has 2 aromatic rings. The highest BCUT2D eigenvalue weighted by atomic mass is 127. The van der Waals surface area contributed by atoms with Gasteiger partial charge in [0.25, 0.3) is 0 Å². The van der Waals surface area contributed by atoms with Crippen LogP contribution in [0, 0.1) is 0 Å². The Kier molecular flexibility index (Phi) is 4.37. The van der Waals surface area contributed by atoms with Gasteiger partial charge in [0.05, 0.1) is 4.90 Å². The molecule has 23 heavy (non-hydrogen) atoms. The van der Waals surface area contributed by atoms with E-state index in [0.717, 1.165) is 15.1 Å². The molecule has 1 unspecified atom stereocenters. The number of alkyl halides is 1. The molecule has 1 fully saturated rings. The lowest BCUT2D eigenvalue weighted by atomic mass is 10.1. The Bertz CT molecular complexity index is 867. The average molecular weight is 445 g/mol. The van der Waals surface area contributed by atoms with Crippen molar-refractivity contribution < 1.29 is 18.3 Å². The molecule has 1 aliphatic heterocycles. The van der Waals surface area contributed by atoms with Crippen LogP contribution >= 0.6 is 22.6 Å². The monoisotopic (exact) mass is 445 g/mol. The van der Waals surface area contributed by atoms with Crippen molar-refractivity contribution in [2.24, 2.45) is 0 Å². The zero-order chi connectivity index (χ0) is 16.7. The smallest absolute Gasteiger partial charge is 0.335 e. The van der Waals surface area contributed by atoms with Crippen molar-refractivity contribution in [3.05, 3.63) is 42.5 Å². The fourth-order valence-corrected chi connectivity index (χ4v) is 5.99. The van der Waals surface area contributed by atoms with Crippen LogP contribution in [0.25, 0.3) is 10.8 Å². The predicted octanol–water partition coefficient (Wildman–Crippen LogP) is 3.23. The largest absolute Gasteiger partial charge is 0.479 e. The molecule has 1 atom stereocenters. The van der Waals surface area contributed by atoms with E-state index in [9.17, 15) is 18.3 Å². The minimum absolute atomic E-state index is 0.139. The Morgan fingerprint density at radius 3 is 2.52 bits per heavy atom. The predicted molar refractivity (Wildman–Crippen MR) is 96.1 cm³/mol. The van der Waals surface area contributed by atoms with E-state index in [-0.39, 0.29) is 11.4 Å². The number of carbonyl (C=O) groups is 1. The third-order valence-electron chi connectivity index (χ3n) is 4.15. The number of benzene rings is 2. The molecule has 2 aromatic carbocycles. The number of fused-ring (bicyclic) bond motifs is 1. The fourth-order valence-electron chi connectivity index (χ4n) is 2.90. The Balaban J connectivity index is 2.10. The summed E-state index contributed by atoms with van der Waals surface area (Å²) in [5.41, 5.74) is 0. The van der Waals surface area contributed by atoms with Crippen LogP contribution in [0.3, 0.4) is 0 Å². The van der Waals surface area contributed by atoms with Crippen LogP contribution in [0.5, 0.6) is 0 Å². The van der Waals surface area contributed by atoms with Crippen LogP contribution in [0.4, 0.5) is 0 Å². The van der Waals surface area contributed by atoms with Gasteiger partial charge in [-0.25, -0.2) is 13.2 Å². The molecule has 0 saturated carbocycles. The van der Waals surface area contributed by atoms with Crippen molar-refractivity contribution in [3.63, 3.8) is 0 Å². The molecular formula is C16H16INO4S. The van der Waals surface area contributed by atoms with Gasteiger partial charge in [0, 0.05) is 6.54 Å². The van der Waals surface area contributed by atoms with E-state index < -0.39 is 19.5 Å². The summed E-state index contributed by atoms with van der Waals surface area (Å²) in [5.74, 6) is -1.11. The number of piperidine rings is 1. The van der Waals surface area contributed by atoms with Gasteiger partial charge in [-0.3, -0.25) is 0 Å². The van der Waals surface area contributed by atoms with Crippen LogP contribution in [0.1, 0.15) is 19.3 Å². The van der Waals surface area contributed by atoms with Crippen molar-refractivity contribution >= 4 is 49.4 Å². The number of carboxylic acids is 1. The minimum atomic E-state index is -3.86. The van der Waals surface area contributed by atoms with Crippen LogP contribution in [-0.2, 0) is 14.8 Å². The normalized spacial score (nSPS) is 23.0. The fraction of sp³-hybridized carbons (Fsp3) is 0.312. The zero-order valence-corrected chi connectivity index (χ0v) is 15.2. The Hall–Kier alpha value is -1.19. The number of hydrogen-bond donors (Lipinski definition) is 1. The van der Waals surface area contributed by atoms with Gasteiger partial charge >= 0.3 is 5.97 Å². The number of halogens is 1. The number of sulfonamides is 1. The molecular weight excluding hydrogens is 429 g/mol. The summed E-state index contributed by atoms with van der Waals surface area (Å²) in [5, 5.41) is 11.3. The van der Waals surface area contributed by atoms with E-state index in [4.69, 9.17) is 0 Å². The minimum Gasteiger partial charge on any atom is -0.479 e. The maximum atomic E-state index is 13.0. The zero-order valence-electron chi connectivity index (χ0n) is 12.3. The first kappa shape index (κ1) is 16.7. The second-order valence-electron chi connectivity index (χ2n) is 5.61. The lowest BCUT2D eigenvalue weighted by molar-refractivity contribution is -0.143. The molecule has 3 rings (SSSR count). The molecule has 1 N–H and O–H groups in total. The molecule has 1 saturated heterocycles. The summed E-state index contributed by atoms with van der Waals surface area (Å²) in [6.45, 7) is 0.227. The Morgan fingerprint density at radius 2 is 1.83 bits per heavy atom. The number of hydrogen-bond acceptors (Lipinski definition) is 3. The van der Waals surface area contributed by atoms with Crippen molar-refractivity contribution in [1.82, 2.24) is 4.31 Å². The quantitative estimate of drug-likeness (QED) is 0.447. The van der Waals surface area contributed by atoms with E-state index >= 15 is 0 Å². The maximum absolute atomic E-state index is 13.0. The van der Waals surface area contributed by atoms with Crippen LogP contribution < -0.4 is 0 Å². The van der Waals surface area contributed by atoms with Crippen LogP contribution in [-0.4, -0.2) is 33.9 Å². The summed E-state index contributed by atoms with van der Waals surface area (Å²) in [7, 11) is -3.86. The van der Waals surface area contributed by atoms with E-state index in [1.54, 1.807) is 40.8 Å². The van der Waals surface area contributed by atoms with E-state index in [0.29, 0.717) is 19.3 Å². The van der Waals surface area contributed by atoms with Crippen molar-refractivity contribution in [2.75, 3.05) is 6.54 Å². The highest BCUT2D eigenvalue weighted by Crippen LogP contribution is 2.39. The van der Waals surface area contributed by atoms with Crippen molar-refractivity contribution in [2.45, 2.75) is 27.7 Å². The molecule has 5 nitrogen and oxygen atoms in total. The van der Waals surface area contributed by atoms with Gasteiger partial charge in [-0.15, -0.1) is 0 Å². The first-order valence-corrected chi connectivity index (χ1v) is 9.81. The Morgan fingerprint density at radius 1 is 1.13 bits per heavy atom. The SMILES string of the molecule is O=C(O)C1(I)CCCCN1S(=O)(=O)c1ccc2ccccc2c1. The molecule has 0 radical (unpaired) electrons. The average Bonchev–Trinajstić information content (AvgIpc) is 2.54. The first-order valence-electron chi connectivity index (χ1n) is 7.30. The van der Waals surface area contributed by atoms with E-state index in [1.165, 1.54) is 0 Å².